The predicted octanol–water partition coefficient (Wildman–Crippen LogP) is 6.32. The number of unbranched alkanes of at least 4 members (excludes halogenated alkanes) is 4. The first kappa shape index (κ1) is 28.3. The van der Waals surface area contributed by atoms with Gasteiger partial charge in [0.1, 0.15) is 0 Å². The number of benzene rings is 2. The van der Waals surface area contributed by atoms with E-state index in [0.717, 1.165) is 24.8 Å². The summed E-state index contributed by atoms with van der Waals surface area (Å²) in [7, 11) is -5.99. The number of hydrogen-bond acceptors (Lipinski definition) is 3. The van der Waals surface area contributed by atoms with E-state index in [1.807, 2.05) is 19.1 Å². The number of rotatable bonds is 13. The standard InChI is InChI=1S/C26H41NO3SSeSi/c1-23-17-19-24(20-18-23)31(28,29)27(30-33(5,6)26(2,3)4)21-13-8-7-9-14-22-32-25-15-11-10-12-16-25/h10-12,15-20H,7-9,13-14,21-22H2,1-6H3. The summed E-state index contributed by atoms with van der Waals surface area (Å²) in [6.07, 6.45) is 5.38. The molecule has 0 aromatic heterocycles. The quantitative estimate of drug-likeness (QED) is 0.165. The predicted molar refractivity (Wildman–Crippen MR) is 143 cm³/mol. The van der Waals surface area contributed by atoms with Crippen LogP contribution in [0.2, 0.25) is 23.5 Å². The Morgan fingerprint density at radius 2 is 1.45 bits per heavy atom. The molecule has 0 saturated carbocycles. The third kappa shape index (κ3) is 8.97. The summed E-state index contributed by atoms with van der Waals surface area (Å²) in [5.74, 6) is 0. The Balaban J connectivity index is 1.90. The van der Waals surface area contributed by atoms with Crippen molar-refractivity contribution in [2.45, 2.75) is 88.1 Å². The maximum absolute atomic E-state index is 13.4. The molecular weight excluding hydrogens is 513 g/mol. The van der Waals surface area contributed by atoms with Gasteiger partial charge in [-0.2, -0.15) is 0 Å². The van der Waals surface area contributed by atoms with Gasteiger partial charge < -0.3 is 0 Å². The van der Waals surface area contributed by atoms with E-state index in [4.69, 9.17) is 4.53 Å². The minimum atomic E-state index is -3.69. The van der Waals surface area contributed by atoms with Gasteiger partial charge in [-0.05, 0) is 6.92 Å². The zero-order chi connectivity index (χ0) is 24.5. The molecule has 7 heteroatoms. The van der Waals surface area contributed by atoms with E-state index in [0.29, 0.717) is 26.4 Å². The molecule has 0 heterocycles. The summed E-state index contributed by atoms with van der Waals surface area (Å²) >= 11 is 0.553. The Morgan fingerprint density at radius 3 is 2.06 bits per heavy atom. The Labute approximate surface area is 209 Å². The molecule has 0 bridgehead atoms. The molecule has 0 unspecified atom stereocenters. The van der Waals surface area contributed by atoms with Gasteiger partial charge in [0.15, 0.2) is 0 Å². The average molecular weight is 555 g/mol. The summed E-state index contributed by atoms with van der Waals surface area (Å²) in [6.45, 7) is 12.9. The Kier molecular flexibility index (Phi) is 10.9. The van der Waals surface area contributed by atoms with Crippen LogP contribution in [0.15, 0.2) is 59.5 Å². The molecule has 33 heavy (non-hydrogen) atoms. The van der Waals surface area contributed by atoms with Crippen LogP contribution in [0.1, 0.15) is 58.4 Å². The number of hydrogen-bond donors (Lipinski definition) is 0. The third-order valence-electron chi connectivity index (χ3n) is 6.22. The van der Waals surface area contributed by atoms with Gasteiger partial charge in [-0.15, -0.1) is 0 Å². The summed E-state index contributed by atoms with van der Waals surface area (Å²) in [5, 5.41) is 1.19. The van der Waals surface area contributed by atoms with Gasteiger partial charge in [0, 0.05) is 0 Å². The van der Waals surface area contributed by atoms with Crippen molar-refractivity contribution < 1.29 is 12.9 Å². The molecule has 0 N–H and O–H groups in total. The van der Waals surface area contributed by atoms with Crippen LogP contribution in [0.5, 0.6) is 0 Å². The van der Waals surface area contributed by atoms with Gasteiger partial charge in [-0.1, -0.05) is 5.56 Å². The normalized spacial score (nSPS) is 12.9. The van der Waals surface area contributed by atoms with Crippen molar-refractivity contribution in [3.8, 4) is 0 Å². The van der Waals surface area contributed by atoms with Gasteiger partial charge in [-0.25, -0.2) is 0 Å². The van der Waals surface area contributed by atoms with Crippen LogP contribution in [0, 0.1) is 6.92 Å². The van der Waals surface area contributed by atoms with E-state index >= 15 is 0 Å². The van der Waals surface area contributed by atoms with Crippen molar-refractivity contribution in [1.29, 1.82) is 0 Å². The van der Waals surface area contributed by atoms with Crippen molar-refractivity contribution in [3.63, 3.8) is 0 Å². The van der Waals surface area contributed by atoms with Gasteiger partial charge >= 0.3 is 198 Å². The van der Waals surface area contributed by atoms with Crippen molar-refractivity contribution in [2.75, 3.05) is 6.54 Å². The molecule has 0 radical (unpaired) electrons. The van der Waals surface area contributed by atoms with Crippen molar-refractivity contribution in [1.82, 2.24) is 4.47 Å². The molecular formula is C26H41NO3SSeSi. The fourth-order valence-electron chi connectivity index (χ4n) is 3.01. The van der Waals surface area contributed by atoms with Gasteiger partial charge in [0.05, 0.1) is 0 Å². The topological polar surface area (TPSA) is 46.6 Å². The van der Waals surface area contributed by atoms with E-state index in [1.54, 1.807) is 12.1 Å². The van der Waals surface area contributed by atoms with Gasteiger partial charge in [0.25, 0.3) is 0 Å². The molecule has 0 fully saturated rings. The molecule has 0 spiro atoms. The molecule has 2 aromatic carbocycles. The van der Waals surface area contributed by atoms with Crippen LogP contribution in [-0.4, -0.2) is 42.7 Å². The van der Waals surface area contributed by atoms with Crippen LogP contribution >= 0.6 is 0 Å². The first-order chi connectivity index (χ1) is 15.4. The molecule has 2 aromatic rings. The fraction of sp³-hybridized carbons (Fsp3) is 0.538. The van der Waals surface area contributed by atoms with Crippen LogP contribution in [-0.2, 0) is 14.6 Å². The Bertz CT molecular complexity index is 942. The number of hydroxylamine groups is 1. The molecule has 184 valence electrons. The second-order valence-electron chi connectivity index (χ2n) is 10.1. The Morgan fingerprint density at radius 1 is 0.879 bits per heavy atom. The maximum atomic E-state index is 13.4. The zero-order valence-electron chi connectivity index (χ0n) is 21.1. The fourth-order valence-corrected chi connectivity index (χ4v) is 7.88. The van der Waals surface area contributed by atoms with Gasteiger partial charge in [-0.3, -0.25) is 0 Å². The molecule has 0 aliphatic heterocycles. The van der Waals surface area contributed by atoms with E-state index in [2.05, 4.69) is 64.2 Å². The molecule has 0 saturated heterocycles. The van der Waals surface area contributed by atoms with E-state index < -0.39 is 18.3 Å². The first-order valence-corrected chi connectivity index (χ1v) is 18.3. The monoisotopic (exact) mass is 555 g/mol. The van der Waals surface area contributed by atoms with Crippen molar-refractivity contribution in [3.05, 3.63) is 60.2 Å². The number of sulfonamides is 1. The first-order valence-electron chi connectivity index (χ1n) is 11.9. The number of nitrogens with zero attached hydrogens (tertiary/aromatic N) is 1. The van der Waals surface area contributed by atoms with Crippen LogP contribution < -0.4 is 4.46 Å². The van der Waals surface area contributed by atoms with Crippen LogP contribution in [0.3, 0.4) is 0 Å². The summed E-state index contributed by atoms with van der Waals surface area (Å²) in [5.41, 5.74) is 1.04. The minimum absolute atomic E-state index is 0.0749. The zero-order valence-corrected chi connectivity index (χ0v) is 24.7. The molecule has 0 amide bonds. The summed E-state index contributed by atoms with van der Waals surface area (Å²) in [6, 6.07) is 17.8. The Hall–Kier alpha value is -0.954. The second kappa shape index (κ2) is 12.7. The van der Waals surface area contributed by atoms with Crippen molar-refractivity contribution in [2.24, 2.45) is 0 Å². The average Bonchev–Trinajstić information content (AvgIpc) is 2.75. The van der Waals surface area contributed by atoms with Crippen LogP contribution in [0.4, 0.5) is 0 Å². The van der Waals surface area contributed by atoms with E-state index in [1.165, 1.54) is 27.1 Å². The molecule has 2 rings (SSSR count). The summed E-state index contributed by atoms with van der Waals surface area (Å²) < 4.78 is 35.9. The van der Waals surface area contributed by atoms with E-state index in [9.17, 15) is 8.42 Å². The number of aryl methyl sites for hydroxylation is 1. The SMILES string of the molecule is Cc1ccc(S(=O)(=O)N(CCCCCCC[Se]c2ccccc2)O[Si](C)(C)C(C)(C)C)cc1. The molecule has 0 aliphatic rings. The summed E-state index contributed by atoms with van der Waals surface area (Å²) in [4.78, 5) is 0.301. The second-order valence-corrected chi connectivity index (χ2v) is 19.1. The van der Waals surface area contributed by atoms with E-state index in [-0.39, 0.29) is 5.04 Å². The molecule has 0 aliphatic carbocycles. The van der Waals surface area contributed by atoms with Crippen molar-refractivity contribution >= 4 is 37.8 Å². The van der Waals surface area contributed by atoms with Gasteiger partial charge in [0.2, 0.25) is 0 Å². The van der Waals surface area contributed by atoms with Crippen LogP contribution in [0.25, 0.3) is 0 Å². The molecule has 4 nitrogen and oxygen atoms in total. The third-order valence-corrected chi connectivity index (χ3v) is 14.6. The molecule has 0 atom stereocenters.